The summed E-state index contributed by atoms with van der Waals surface area (Å²) in [6, 6.07) is 0.269. The summed E-state index contributed by atoms with van der Waals surface area (Å²) in [6.07, 6.45) is 4.63. The van der Waals surface area contributed by atoms with Gasteiger partial charge in [0.15, 0.2) is 0 Å². The van der Waals surface area contributed by atoms with Gasteiger partial charge in [-0.1, -0.05) is 19.8 Å². The van der Waals surface area contributed by atoms with Crippen LogP contribution in [-0.4, -0.2) is 32.2 Å². The van der Waals surface area contributed by atoms with Crippen molar-refractivity contribution in [3.8, 4) is 0 Å². The van der Waals surface area contributed by atoms with Crippen molar-refractivity contribution in [2.24, 2.45) is 17.6 Å². The van der Waals surface area contributed by atoms with Gasteiger partial charge >= 0.3 is 0 Å². The molecule has 0 spiro atoms. The van der Waals surface area contributed by atoms with E-state index in [4.69, 9.17) is 10.5 Å². The highest BCUT2D eigenvalue weighted by Crippen LogP contribution is 2.23. The fourth-order valence-corrected chi connectivity index (χ4v) is 2.33. The summed E-state index contributed by atoms with van der Waals surface area (Å²) in [4.78, 5) is 11.8. The molecule has 0 bridgehead atoms. The van der Waals surface area contributed by atoms with Gasteiger partial charge in [-0.05, 0) is 25.3 Å². The number of rotatable bonds is 5. The van der Waals surface area contributed by atoms with Crippen LogP contribution in [0.4, 0.5) is 0 Å². The number of ether oxygens (including phenoxy) is 1. The van der Waals surface area contributed by atoms with E-state index >= 15 is 0 Å². The maximum atomic E-state index is 11.8. The van der Waals surface area contributed by atoms with Crippen molar-refractivity contribution in [1.82, 2.24) is 5.32 Å². The summed E-state index contributed by atoms with van der Waals surface area (Å²) in [6.45, 7) is 3.04. The molecule has 4 heteroatoms. The number of nitrogens with one attached hydrogen (secondary N) is 1. The highest BCUT2D eigenvalue weighted by atomic mass is 16.5. The third kappa shape index (κ3) is 3.76. The van der Waals surface area contributed by atoms with Crippen LogP contribution in [0, 0.1) is 11.8 Å². The van der Waals surface area contributed by atoms with Gasteiger partial charge in [-0.2, -0.15) is 0 Å². The molecular formula is C12H24N2O2. The number of nitrogens with two attached hydrogens (primary N) is 1. The van der Waals surface area contributed by atoms with E-state index in [0.717, 1.165) is 12.8 Å². The van der Waals surface area contributed by atoms with E-state index in [1.165, 1.54) is 12.8 Å². The van der Waals surface area contributed by atoms with Gasteiger partial charge in [-0.3, -0.25) is 4.79 Å². The number of amides is 1. The zero-order valence-corrected chi connectivity index (χ0v) is 10.4. The molecule has 4 nitrogen and oxygen atoms in total. The number of hydrogen-bond donors (Lipinski definition) is 2. The molecule has 1 amide bonds. The quantitative estimate of drug-likeness (QED) is 0.735. The van der Waals surface area contributed by atoms with Crippen molar-refractivity contribution in [3.63, 3.8) is 0 Å². The molecule has 0 radical (unpaired) electrons. The first-order chi connectivity index (χ1) is 7.69. The van der Waals surface area contributed by atoms with Crippen molar-refractivity contribution in [2.45, 2.75) is 38.6 Å². The molecule has 94 valence electrons. The van der Waals surface area contributed by atoms with Crippen LogP contribution in [0.3, 0.4) is 0 Å². The fourth-order valence-electron chi connectivity index (χ4n) is 2.33. The number of carbonyl (C=O) groups is 1. The molecule has 1 saturated carbocycles. The average Bonchev–Trinajstić information content (AvgIpc) is 2.30. The van der Waals surface area contributed by atoms with Crippen LogP contribution in [0.25, 0.3) is 0 Å². The highest BCUT2D eigenvalue weighted by molar-refractivity contribution is 5.78. The summed E-state index contributed by atoms with van der Waals surface area (Å²) in [5.41, 5.74) is 5.73. The molecule has 0 saturated heterocycles. The van der Waals surface area contributed by atoms with Gasteiger partial charge in [0.05, 0.1) is 12.5 Å². The maximum absolute atomic E-state index is 11.8. The Morgan fingerprint density at radius 3 is 2.81 bits per heavy atom. The third-order valence-electron chi connectivity index (χ3n) is 3.40. The molecule has 0 heterocycles. The van der Waals surface area contributed by atoms with E-state index in [-0.39, 0.29) is 17.9 Å². The molecule has 16 heavy (non-hydrogen) atoms. The Labute approximate surface area is 97.9 Å². The lowest BCUT2D eigenvalue weighted by atomic mass is 9.84. The maximum Gasteiger partial charge on any atom is 0.225 e. The Balaban J connectivity index is 2.41. The molecule has 0 aromatic carbocycles. The van der Waals surface area contributed by atoms with Gasteiger partial charge in [0.25, 0.3) is 0 Å². The summed E-state index contributed by atoms with van der Waals surface area (Å²) in [5.74, 6) is 0.463. The molecule has 1 aliphatic carbocycles. The summed E-state index contributed by atoms with van der Waals surface area (Å²) < 4.78 is 4.98. The van der Waals surface area contributed by atoms with Gasteiger partial charge in [0, 0.05) is 13.2 Å². The first-order valence-electron chi connectivity index (χ1n) is 6.18. The molecule has 3 N–H and O–H groups in total. The molecule has 1 rings (SSSR count). The van der Waals surface area contributed by atoms with Crippen LogP contribution in [0.15, 0.2) is 0 Å². The highest BCUT2D eigenvalue weighted by Gasteiger charge is 2.26. The topological polar surface area (TPSA) is 64.3 Å². The average molecular weight is 228 g/mol. The Bertz CT molecular complexity index is 221. The first kappa shape index (κ1) is 13.5. The second-order valence-corrected chi connectivity index (χ2v) is 4.75. The van der Waals surface area contributed by atoms with Crippen LogP contribution < -0.4 is 11.1 Å². The van der Waals surface area contributed by atoms with Gasteiger partial charge in [-0.25, -0.2) is 0 Å². The van der Waals surface area contributed by atoms with E-state index in [9.17, 15) is 4.79 Å². The molecule has 0 aromatic heterocycles. The minimum atomic E-state index is -0.0784. The molecule has 3 unspecified atom stereocenters. The van der Waals surface area contributed by atoms with Crippen LogP contribution in [0.2, 0.25) is 0 Å². The van der Waals surface area contributed by atoms with E-state index in [1.54, 1.807) is 7.11 Å². The Morgan fingerprint density at radius 2 is 2.19 bits per heavy atom. The fraction of sp³-hybridized carbons (Fsp3) is 0.917. The zero-order valence-electron chi connectivity index (χ0n) is 10.4. The largest absolute Gasteiger partial charge is 0.384 e. The van der Waals surface area contributed by atoms with Crippen molar-refractivity contribution in [3.05, 3.63) is 0 Å². The van der Waals surface area contributed by atoms with Crippen LogP contribution in [-0.2, 0) is 9.53 Å². The van der Waals surface area contributed by atoms with Gasteiger partial charge in [-0.15, -0.1) is 0 Å². The Hall–Kier alpha value is -0.610. The summed E-state index contributed by atoms with van der Waals surface area (Å²) in [7, 11) is 1.62. The third-order valence-corrected chi connectivity index (χ3v) is 3.40. The lowest BCUT2D eigenvalue weighted by Crippen LogP contribution is -2.46. The Morgan fingerprint density at radius 1 is 1.50 bits per heavy atom. The van der Waals surface area contributed by atoms with Gasteiger partial charge in [0.1, 0.15) is 0 Å². The monoisotopic (exact) mass is 228 g/mol. The second-order valence-electron chi connectivity index (χ2n) is 4.75. The van der Waals surface area contributed by atoms with E-state index in [2.05, 4.69) is 5.32 Å². The van der Waals surface area contributed by atoms with E-state index < -0.39 is 0 Å². The van der Waals surface area contributed by atoms with Crippen LogP contribution in [0.5, 0.6) is 0 Å². The normalized spacial score (nSPS) is 27.4. The lowest BCUT2D eigenvalue weighted by Gasteiger charge is -2.32. The smallest absolute Gasteiger partial charge is 0.225 e. The molecule has 1 fully saturated rings. The predicted molar refractivity (Wildman–Crippen MR) is 64.0 cm³/mol. The van der Waals surface area contributed by atoms with E-state index in [0.29, 0.717) is 19.1 Å². The summed E-state index contributed by atoms with van der Waals surface area (Å²) in [5, 5.41) is 3.11. The standard InChI is InChI=1S/C12H24N2O2/c1-9(8-16-2)12(15)14-11-6-4-3-5-10(11)7-13/h9-11H,3-8,13H2,1-2H3,(H,14,15). The van der Waals surface area contributed by atoms with Crippen molar-refractivity contribution >= 4 is 5.91 Å². The molecule has 1 aliphatic rings. The Kier molecular flexibility index (Phi) is 5.77. The predicted octanol–water partition coefficient (Wildman–Crippen LogP) is 0.903. The zero-order chi connectivity index (χ0) is 12.0. The second kappa shape index (κ2) is 6.86. The van der Waals surface area contributed by atoms with Gasteiger partial charge in [0.2, 0.25) is 5.91 Å². The molecule has 0 aromatic rings. The number of hydrogen-bond acceptors (Lipinski definition) is 3. The molecule has 3 atom stereocenters. The minimum Gasteiger partial charge on any atom is -0.384 e. The minimum absolute atomic E-state index is 0.0784. The number of methoxy groups -OCH3 is 1. The first-order valence-corrected chi connectivity index (χ1v) is 6.18. The number of carbonyl (C=O) groups excluding carboxylic acids is 1. The molecule has 0 aliphatic heterocycles. The lowest BCUT2D eigenvalue weighted by molar-refractivity contribution is -0.127. The van der Waals surface area contributed by atoms with Crippen molar-refractivity contribution in [2.75, 3.05) is 20.3 Å². The van der Waals surface area contributed by atoms with Crippen molar-refractivity contribution < 1.29 is 9.53 Å². The van der Waals surface area contributed by atoms with Crippen molar-refractivity contribution in [1.29, 1.82) is 0 Å². The van der Waals surface area contributed by atoms with Crippen LogP contribution >= 0.6 is 0 Å². The molecular weight excluding hydrogens is 204 g/mol. The van der Waals surface area contributed by atoms with E-state index in [1.807, 2.05) is 6.92 Å². The van der Waals surface area contributed by atoms with Crippen LogP contribution in [0.1, 0.15) is 32.6 Å². The SMILES string of the molecule is COCC(C)C(=O)NC1CCCCC1CN. The van der Waals surface area contributed by atoms with Gasteiger partial charge < -0.3 is 15.8 Å². The summed E-state index contributed by atoms with van der Waals surface area (Å²) >= 11 is 0.